The molecule has 1 rings (SSSR count). The largest absolute Gasteiger partial charge is 0.465 e. The summed E-state index contributed by atoms with van der Waals surface area (Å²) in [4.78, 5) is 12.2. The summed E-state index contributed by atoms with van der Waals surface area (Å²) in [5.41, 5.74) is 0. The maximum absolute atomic E-state index is 12.3. The van der Waals surface area contributed by atoms with Crippen molar-refractivity contribution in [1.82, 2.24) is 4.90 Å². The normalized spacial score (nSPS) is 18.0. The van der Waals surface area contributed by atoms with Crippen LogP contribution in [0.5, 0.6) is 0 Å². The van der Waals surface area contributed by atoms with Crippen molar-refractivity contribution in [3.8, 4) is 0 Å². The molecule has 0 atom stereocenters. The highest BCUT2D eigenvalue weighted by Gasteiger charge is 2.31. The zero-order valence-corrected chi connectivity index (χ0v) is 11.9. The van der Waals surface area contributed by atoms with E-state index in [1.54, 1.807) is 13.8 Å². The van der Waals surface area contributed by atoms with Gasteiger partial charge in [-0.05, 0) is 32.6 Å². The second-order valence-corrected chi connectivity index (χ2v) is 6.45. The first-order chi connectivity index (χ1) is 8.50. The van der Waals surface area contributed by atoms with Gasteiger partial charge in [0.25, 0.3) is 0 Å². The second-order valence-electron chi connectivity index (χ2n) is 4.34. The Kier molecular flexibility index (Phi) is 6.12. The molecule has 6 nitrogen and oxygen atoms in total. The zero-order valence-electron chi connectivity index (χ0n) is 11.0. The van der Waals surface area contributed by atoms with Gasteiger partial charge >= 0.3 is 13.7 Å². The first-order valence-electron chi connectivity index (χ1n) is 6.36. The van der Waals surface area contributed by atoms with Crippen LogP contribution in [0.25, 0.3) is 0 Å². The maximum Gasteiger partial charge on any atom is 0.407 e. The van der Waals surface area contributed by atoms with Gasteiger partial charge in [0.2, 0.25) is 0 Å². The first-order valence-corrected chi connectivity index (χ1v) is 8.09. The van der Waals surface area contributed by atoms with Crippen LogP contribution in [0.1, 0.15) is 26.7 Å². The van der Waals surface area contributed by atoms with Gasteiger partial charge in [0.1, 0.15) is 0 Å². The molecule has 0 unspecified atom stereocenters. The standard InChI is InChI=1S/C11H22NO5P/c1-3-16-18(15,17-4-2)9-10-5-7-12(8-6-10)11(13)14/h10H,3-9H2,1-2H3,(H,13,14). The third-order valence-electron chi connectivity index (χ3n) is 3.02. The molecule has 0 bridgehead atoms. The Balaban J connectivity index is 2.47. The van der Waals surface area contributed by atoms with E-state index in [0.29, 0.717) is 32.5 Å². The molecule has 0 radical (unpaired) electrons. The minimum Gasteiger partial charge on any atom is -0.465 e. The molecule has 18 heavy (non-hydrogen) atoms. The van der Waals surface area contributed by atoms with Gasteiger partial charge in [0, 0.05) is 13.1 Å². The van der Waals surface area contributed by atoms with Crippen molar-refractivity contribution in [3.05, 3.63) is 0 Å². The van der Waals surface area contributed by atoms with Crippen molar-refractivity contribution in [1.29, 1.82) is 0 Å². The number of nitrogens with zero attached hydrogens (tertiary/aromatic N) is 1. The summed E-state index contributed by atoms with van der Waals surface area (Å²) < 4.78 is 22.8. The molecule has 0 aliphatic carbocycles. The lowest BCUT2D eigenvalue weighted by atomic mass is 9.99. The predicted molar refractivity (Wildman–Crippen MR) is 68.0 cm³/mol. The van der Waals surface area contributed by atoms with Crippen molar-refractivity contribution < 1.29 is 23.5 Å². The Hall–Kier alpha value is -0.580. The highest BCUT2D eigenvalue weighted by molar-refractivity contribution is 7.53. The van der Waals surface area contributed by atoms with Crippen molar-refractivity contribution in [3.63, 3.8) is 0 Å². The Morgan fingerprint density at radius 2 is 1.78 bits per heavy atom. The number of piperidine rings is 1. The summed E-state index contributed by atoms with van der Waals surface area (Å²) in [5, 5.41) is 8.85. The second kappa shape index (κ2) is 7.12. The Morgan fingerprint density at radius 3 is 2.17 bits per heavy atom. The van der Waals surface area contributed by atoms with Crippen LogP contribution < -0.4 is 0 Å². The highest BCUT2D eigenvalue weighted by Crippen LogP contribution is 2.50. The average Bonchev–Trinajstić information content (AvgIpc) is 2.30. The van der Waals surface area contributed by atoms with Crippen molar-refractivity contribution in [2.24, 2.45) is 5.92 Å². The Bertz CT molecular complexity index is 305. The van der Waals surface area contributed by atoms with Crippen LogP contribution >= 0.6 is 7.60 Å². The number of hydrogen-bond donors (Lipinski definition) is 1. The van der Waals surface area contributed by atoms with Crippen molar-refractivity contribution in [2.75, 3.05) is 32.5 Å². The molecule has 7 heteroatoms. The quantitative estimate of drug-likeness (QED) is 0.756. The van der Waals surface area contributed by atoms with Crippen molar-refractivity contribution in [2.45, 2.75) is 26.7 Å². The van der Waals surface area contributed by atoms with Crippen LogP contribution in [0.3, 0.4) is 0 Å². The van der Waals surface area contributed by atoms with Gasteiger partial charge in [0.05, 0.1) is 19.4 Å². The molecule has 1 heterocycles. The van der Waals surface area contributed by atoms with Gasteiger partial charge in [-0.25, -0.2) is 4.79 Å². The van der Waals surface area contributed by atoms with Crippen LogP contribution in [0.15, 0.2) is 0 Å². The van der Waals surface area contributed by atoms with Gasteiger partial charge in [-0.3, -0.25) is 4.57 Å². The van der Waals surface area contributed by atoms with Crippen LogP contribution in [-0.4, -0.2) is 48.6 Å². The molecule has 0 spiro atoms. The van der Waals surface area contributed by atoms with Crippen LogP contribution in [0.4, 0.5) is 4.79 Å². The lowest BCUT2D eigenvalue weighted by Gasteiger charge is -2.31. The summed E-state index contributed by atoms with van der Waals surface area (Å²) in [6.07, 6.45) is 0.945. The first kappa shape index (κ1) is 15.5. The van der Waals surface area contributed by atoms with E-state index >= 15 is 0 Å². The molecular formula is C11H22NO5P. The van der Waals surface area contributed by atoms with E-state index in [1.807, 2.05) is 0 Å². The molecule has 1 aliphatic rings. The zero-order chi connectivity index (χ0) is 13.6. The molecule has 0 aromatic heterocycles. The summed E-state index contributed by atoms with van der Waals surface area (Å²) in [6, 6.07) is 0. The molecular weight excluding hydrogens is 257 g/mol. The van der Waals surface area contributed by atoms with Crippen molar-refractivity contribution >= 4 is 13.7 Å². The van der Waals surface area contributed by atoms with Crippen LogP contribution in [0.2, 0.25) is 0 Å². The number of hydrogen-bond acceptors (Lipinski definition) is 4. The van der Waals surface area contributed by atoms with E-state index in [0.717, 1.165) is 12.8 Å². The lowest BCUT2D eigenvalue weighted by molar-refractivity contribution is 0.125. The molecule has 1 aliphatic heterocycles. The number of rotatable bonds is 6. The molecule has 1 N–H and O–H groups in total. The molecule has 0 saturated carbocycles. The lowest BCUT2D eigenvalue weighted by Crippen LogP contribution is -2.38. The summed E-state index contributed by atoms with van der Waals surface area (Å²) in [7, 11) is -3.00. The number of carbonyl (C=O) groups is 1. The van der Waals surface area contributed by atoms with E-state index in [2.05, 4.69) is 0 Å². The molecule has 1 amide bonds. The summed E-state index contributed by atoms with van der Waals surface area (Å²) >= 11 is 0. The number of amides is 1. The Labute approximate surface area is 108 Å². The van der Waals surface area contributed by atoms with Gasteiger partial charge in [-0.1, -0.05) is 0 Å². The molecule has 0 aromatic carbocycles. The highest BCUT2D eigenvalue weighted by atomic mass is 31.2. The third kappa shape index (κ3) is 4.59. The molecule has 0 aromatic rings. The van der Waals surface area contributed by atoms with Gasteiger partial charge < -0.3 is 19.1 Å². The molecule has 106 valence electrons. The fourth-order valence-corrected chi connectivity index (χ4v) is 4.23. The fraction of sp³-hybridized carbons (Fsp3) is 0.909. The van der Waals surface area contributed by atoms with Gasteiger partial charge in [-0.15, -0.1) is 0 Å². The SMILES string of the molecule is CCOP(=O)(CC1CCN(C(=O)O)CC1)OCC. The van der Waals surface area contributed by atoms with E-state index < -0.39 is 13.7 Å². The van der Waals surface area contributed by atoms with Crippen LogP contribution in [-0.2, 0) is 13.6 Å². The summed E-state index contributed by atoms with van der Waals surface area (Å²) in [6.45, 7) is 5.31. The third-order valence-corrected chi connectivity index (χ3v) is 5.29. The summed E-state index contributed by atoms with van der Waals surface area (Å²) in [5.74, 6) is 0.213. The topological polar surface area (TPSA) is 76.1 Å². The van der Waals surface area contributed by atoms with E-state index in [9.17, 15) is 9.36 Å². The number of likely N-dealkylation sites (tertiary alicyclic amines) is 1. The van der Waals surface area contributed by atoms with E-state index in [1.165, 1.54) is 4.90 Å². The van der Waals surface area contributed by atoms with E-state index in [-0.39, 0.29) is 5.92 Å². The fourth-order valence-electron chi connectivity index (χ4n) is 2.16. The maximum atomic E-state index is 12.3. The van der Waals surface area contributed by atoms with Crippen LogP contribution in [0, 0.1) is 5.92 Å². The molecule has 1 fully saturated rings. The predicted octanol–water partition coefficient (Wildman–Crippen LogP) is 2.64. The smallest absolute Gasteiger partial charge is 0.407 e. The monoisotopic (exact) mass is 279 g/mol. The average molecular weight is 279 g/mol. The molecule has 1 saturated heterocycles. The van der Waals surface area contributed by atoms with Gasteiger partial charge in [-0.2, -0.15) is 0 Å². The van der Waals surface area contributed by atoms with E-state index in [4.69, 9.17) is 14.2 Å². The van der Waals surface area contributed by atoms with Gasteiger partial charge in [0.15, 0.2) is 0 Å². The number of carboxylic acid groups (broad SMARTS) is 1. The minimum absolute atomic E-state index is 0.213. The Morgan fingerprint density at radius 1 is 1.28 bits per heavy atom. The minimum atomic E-state index is -3.00.